The van der Waals surface area contributed by atoms with Gasteiger partial charge in [0.15, 0.2) is 0 Å². The molecule has 3 nitrogen and oxygen atoms in total. The van der Waals surface area contributed by atoms with Gasteiger partial charge in [0.2, 0.25) is 0 Å². The van der Waals surface area contributed by atoms with Crippen LogP contribution in [-0.2, 0) is 0 Å². The Morgan fingerprint density at radius 1 is 0.778 bits per heavy atom. The smallest absolute Gasteiger partial charge is 0.121 e. The lowest BCUT2D eigenvalue weighted by Gasteiger charge is -2.08. The molecule has 94 valence electrons. The zero-order valence-electron chi connectivity index (χ0n) is 10.2. The van der Waals surface area contributed by atoms with E-state index in [1.54, 1.807) is 0 Å². The van der Waals surface area contributed by atoms with Crippen molar-refractivity contribution in [2.45, 2.75) is 6.42 Å². The molecule has 3 heteroatoms. The normalized spacial score (nSPS) is 10.0. The second kappa shape index (κ2) is 6.55. The van der Waals surface area contributed by atoms with Crippen molar-refractivity contribution in [3.05, 3.63) is 54.6 Å². The molecule has 0 bridgehead atoms. The van der Waals surface area contributed by atoms with E-state index in [0.29, 0.717) is 18.9 Å². The molecule has 0 aliphatic heterocycles. The highest BCUT2D eigenvalue weighted by atomic mass is 16.5. The molecule has 2 rings (SSSR count). The summed E-state index contributed by atoms with van der Waals surface area (Å²) in [5, 5.41) is 0. The number of nitrogen functional groups attached to an aromatic ring is 1. The molecular weight excluding hydrogens is 226 g/mol. The van der Waals surface area contributed by atoms with E-state index in [0.717, 1.165) is 17.9 Å². The van der Waals surface area contributed by atoms with Crippen molar-refractivity contribution in [2.24, 2.45) is 0 Å². The van der Waals surface area contributed by atoms with Crippen LogP contribution in [0.1, 0.15) is 6.42 Å². The van der Waals surface area contributed by atoms with Crippen molar-refractivity contribution in [3.63, 3.8) is 0 Å². The largest absolute Gasteiger partial charge is 0.493 e. The fraction of sp³-hybridized carbons (Fsp3) is 0.200. The van der Waals surface area contributed by atoms with Gasteiger partial charge in [-0.15, -0.1) is 0 Å². The van der Waals surface area contributed by atoms with Crippen molar-refractivity contribution in [3.8, 4) is 11.5 Å². The molecule has 0 spiro atoms. The van der Waals surface area contributed by atoms with Gasteiger partial charge in [0.05, 0.1) is 13.2 Å². The Morgan fingerprint density at radius 3 is 2.17 bits per heavy atom. The third-order valence-electron chi connectivity index (χ3n) is 2.43. The van der Waals surface area contributed by atoms with E-state index >= 15 is 0 Å². The average molecular weight is 243 g/mol. The van der Waals surface area contributed by atoms with E-state index in [1.807, 2.05) is 54.6 Å². The maximum Gasteiger partial charge on any atom is 0.121 e. The molecule has 0 radical (unpaired) electrons. The predicted molar refractivity (Wildman–Crippen MR) is 72.9 cm³/mol. The van der Waals surface area contributed by atoms with Gasteiger partial charge in [0, 0.05) is 18.2 Å². The van der Waals surface area contributed by atoms with Crippen LogP contribution in [-0.4, -0.2) is 13.2 Å². The van der Waals surface area contributed by atoms with Gasteiger partial charge in [-0.2, -0.15) is 0 Å². The predicted octanol–water partition coefficient (Wildman–Crippen LogP) is 3.12. The average Bonchev–Trinajstić information content (AvgIpc) is 2.40. The van der Waals surface area contributed by atoms with Crippen LogP contribution in [0.2, 0.25) is 0 Å². The monoisotopic (exact) mass is 243 g/mol. The van der Waals surface area contributed by atoms with Crippen molar-refractivity contribution in [1.29, 1.82) is 0 Å². The molecule has 0 saturated carbocycles. The highest BCUT2D eigenvalue weighted by Crippen LogP contribution is 2.14. The topological polar surface area (TPSA) is 44.5 Å². The van der Waals surface area contributed by atoms with Gasteiger partial charge < -0.3 is 15.2 Å². The number of para-hydroxylation sites is 1. The van der Waals surface area contributed by atoms with Gasteiger partial charge in [-0.1, -0.05) is 24.3 Å². The highest BCUT2D eigenvalue weighted by molar-refractivity contribution is 5.43. The van der Waals surface area contributed by atoms with Gasteiger partial charge in [0.1, 0.15) is 11.5 Å². The lowest BCUT2D eigenvalue weighted by Crippen LogP contribution is -2.05. The van der Waals surface area contributed by atoms with E-state index < -0.39 is 0 Å². The second-order valence-corrected chi connectivity index (χ2v) is 3.94. The Labute approximate surface area is 107 Å². The maximum atomic E-state index is 5.66. The number of benzene rings is 2. The summed E-state index contributed by atoms with van der Waals surface area (Å²) in [7, 11) is 0. The van der Waals surface area contributed by atoms with Crippen LogP contribution in [0.15, 0.2) is 54.6 Å². The quantitative estimate of drug-likeness (QED) is 0.626. The van der Waals surface area contributed by atoms with E-state index in [4.69, 9.17) is 15.2 Å². The minimum Gasteiger partial charge on any atom is -0.493 e. The van der Waals surface area contributed by atoms with Crippen molar-refractivity contribution < 1.29 is 9.47 Å². The van der Waals surface area contributed by atoms with Gasteiger partial charge in [-0.05, 0) is 24.3 Å². The first-order valence-corrected chi connectivity index (χ1v) is 6.01. The fourth-order valence-electron chi connectivity index (χ4n) is 1.56. The molecule has 0 atom stereocenters. The highest BCUT2D eigenvalue weighted by Gasteiger charge is 1.95. The lowest BCUT2D eigenvalue weighted by atomic mass is 10.3. The molecule has 0 saturated heterocycles. The van der Waals surface area contributed by atoms with Crippen molar-refractivity contribution in [2.75, 3.05) is 18.9 Å². The third kappa shape index (κ3) is 4.01. The molecule has 2 aromatic rings. The number of nitrogens with two attached hydrogens (primary N) is 1. The Kier molecular flexibility index (Phi) is 4.47. The molecule has 0 aromatic heterocycles. The molecule has 0 amide bonds. The minimum absolute atomic E-state index is 0.621. The Hall–Kier alpha value is -2.16. The van der Waals surface area contributed by atoms with Crippen LogP contribution in [0.3, 0.4) is 0 Å². The lowest BCUT2D eigenvalue weighted by molar-refractivity contribution is 0.247. The molecule has 0 heterocycles. The zero-order valence-corrected chi connectivity index (χ0v) is 10.2. The van der Waals surface area contributed by atoms with Crippen LogP contribution in [0.4, 0.5) is 5.69 Å². The molecular formula is C15H17NO2. The SMILES string of the molecule is Nc1cccc(OCCCOc2ccccc2)c1. The summed E-state index contributed by atoms with van der Waals surface area (Å²) in [5.41, 5.74) is 6.38. The number of hydrogen-bond acceptors (Lipinski definition) is 3. The molecule has 2 aromatic carbocycles. The number of anilines is 1. The van der Waals surface area contributed by atoms with Crippen LogP contribution in [0.25, 0.3) is 0 Å². The maximum absolute atomic E-state index is 5.66. The molecule has 0 fully saturated rings. The van der Waals surface area contributed by atoms with Crippen LogP contribution < -0.4 is 15.2 Å². The van der Waals surface area contributed by atoms with Gasteiger partial charge >= 0.3 is 0 Å². The Balaban J connectivity index is 1.65. The van der Waals surface area contributed by atoms with Crippen molar-refractivity contribution in [1.82, 2.24) is 0 Å². The first kappa shape index (κ1) is 12.3. The van der Waals surface area contributed by atoms with E-state index in [-0.39, 0.29) is 0 Å². The Morgan fingerprint density at radius 2 is 1.44 bits per heavy atom. The van der Waals surface area contributed by atoms with E-state index in [9.17, 15) is 0 Å². The summed E-state index contributed by atoms with van der Waals surface area (Å²) < 4.78 is 11.1. The van der Waals surface area contributed by atoms with Crippen LogP contribution in [0.5, 0.6) is 11.5 Å². The fourth-order valence-corrected chi connectivity index (χ4v) is 1.56. The van der Waals surface area contributed by atoms with Crippen molar-refractivity contribution >= 4 is 5.69 Å². The molecule has 2 N–H and O–H groups in total. The Bertz CT molecular complexity index is 471. The first-order valence-electron chi connectivity index (χ1n) is 6.01. The van der Waals surface area contributed by atoms with Crippen LogP contribution >= 0.6 is 0 Å². The molecule has 0 aliphatic rings. The molecule has 18 heavy (non-hydrogen) atoms. The number of rotatable bonds is 6. The summed E-state index contributed by atoms with van der Waals surface area (Å²) in [5.74, 6) is 1.69. The van der Waals surface area contributed by atoms with Gasteiger partial charge in [0.25, 0.3) is 0 Å². The summed E-state index contributed by atoms with van der Waals surface area (Å²) in [6.07, 6.45) is 0.837. The molecule has 0 unspecified atom stereocenters. The zero-order chi connectivity index (χ0) is 12.6. The summed E-state index contributed by atoms with van der Waals surface area (Å²) >= 11 is 0. The number of hydrogen-bond donors (Lipinski definition) is 1. The minimum atomic E-state index is 0.621. The summed E-state index contributed by atoms with van der Waals surface area (Å²) in [6.45, 7) is 1.27. The van der Waals surface area contributed by atoms with E-state index in [1.165, 1.54) is 0 Å². The summed E-state index contributed by atoms with van der Waals surface area (Å²) in [4.78, 5) is 0. The molecule has 0 aliphatic carbocycles. The van der Waals surface area contributed by atoms with Gasteiger partial charge in [-0.25, -0.2) is 0 Å². The van der Waals surface area contributed by atoms with Gasteiger partial charge in [-0.3, -0.25) is 0 Å². The summed E-state index contributed by atoms with van der Waals surface area (Å²) in [6, 6.07) is 17.2. The second-order valence-electron chi connectivity index (χ2n) is 3.94. The first-order chi connectivity index (χ1) is 8.84. The van der Waals surface area contributed by atoms with Crippen LogP contribution in [0, 0.1) is 0 Å². The number of ether oxygens (including phenoxy) is 2. The third-order valence-corrected chi connectivity index (χ3v) is 2.43. The van der Waals surface area contributed by atoms with E-state index in [2.05, 4.69) is 0 Å². The standard InChI is InChI=1S/C15H17NO2/c16-13-6-4-9-15(12-13)18-11-5-10-17-14-7-2-1-3-8-14/h1-4,6-9,12H,5,10-11,16H2.